The van der Waals surface area contributed by atoms with Gasteiger partial charge >= 0.3 is 0 Å². The van der Waals surface area contributed by atoms with Gasteiger partial charge in [0, 0.05) is 22.5 Å². The van der Waals surface area contributed by atoms with E-state index in [9.17, 15) is 4.79 Å². The van der Waals surface area contributed by atoms with Gasteiger partial charge in [-0.2, -0.15) is 0 Å². The summed E-state index contributed by atoms with van der Waals surface area (Å²) in [6, 6.07) is 17.7. The third-order valence-electron chi connectivity index (χ3n) is 4.57. The van der Waals surface area contributed by atoms with Crippen LogP contribution in [0.3, 0.4) is 0 Å². The number of aromatic nitrogens is 1. The average Bonchev–Trinajstić information content (AvgIpc) is 3.09. The van der Waals surface area contributed by atoms with Crippen LogP contribution in [0.5, 0.6) is 5.75 Å². The van der Waals surface area contributed by atoms with Crippen LogP contribution in [0.15, 0.2) is 54.6 Å². The lowest BCUT2D eigenvalue weighted by atomic mass is 10.0. The van der Waals surface area contributed by atoms with Gasteiger partial charge in [0.15, 0.2) is 0 Å². The van der Waals surface area contributed by atoms with Crippen molar-refractivity contribution in [3.63, 3.8) is 0 Å². The lowest BCUT2D eigenvalue weighted by Crippen LogP contribution is -2.09. The smallest absolute Gasteiger partial charge is 0.265 e. The highest BCUT2D eigenvalue weighted by Crippen LogP contribution is 2.29. The molecule has 0 aliphatic carbocycles. The van der Waals surface area contributed by atoms with Gasteiger partial charge in [0.05, 0.1) is 17.5 Å². The van der Waals surface area contributed by atoms with Crippen molar-refractivity contribution in [1.82, 2.24) is 4.98 Å². The van der Waals surface area contributed by atoms with Gasteiger partial charge < -0.3 is 10.1 Å². The number of thiophene rings is 1. The maximum absolute atomic E-state index is 12.6. The molecule has 4 aromatic rings. The van der Waals surface area contributed by atoms with E-state index in [4.69, 9.17) is 4.74 Å². The Morgan fingerprint density at radius 3 is 2.52 bits per heavy atom. The van der Waals surface area contributed by atoms with Gasteiger partial charge in [-0.15, -0.1) is 11.3 Å². The number of carbonyl (C=O) groups excluding carboxylic acids is 1. The molecule has 1 N–H and O–H groups in total. The van der Waals surface area contributed by atoms with Crippen molar-refractivity contribution < 1.29 is 9.53 Å². The summed E-state index contributed by atoms with van der Waals surface area (Å²) in [4.78, 5) is 18.8. The number of methoxy groups -OCH3 is 1. The Kier molecular flexibility index (Phi) is 4.54. The van der Waals surface area contributed by atoms with Crippen LogP contribution in [0.4, 0.5) is 5.69 Å². The van der Waals surface area contributed by atoms with E-state index in [0.717, 1.165) is 32.6 Å². The molecule has 0 bridgehead atoms. The van der Waals surface area contributed by atoms with Gasteiger partial charge in [0.1, 0.15) is 10.6 Å². The van der Waals surface area contributed by atoms with Gasteiger partial charge in [-0.25, -0.2) is 4.98 Å². The molecule has 0 atom stereocenters. The zero-order chi connectivity index (χ0) is 19.0. The third-order valence-corrected chi connectivity index (χ3v) is 5.61. The molecule has 4 nitrogen and oxygen atoms in total. The monoisotopic (exact) mass is 376 g/mol. The van der Waals surface area contributed by atoms with E-state index < -0.39 is 0 Å². The summed E-state index contributed by atoms with van der Waals surface area (Å²) in [5.41, 5.74) is 2.91. The molecule has 27 heavy (non-hydrogen) atoms. The Morgan fingerprint density at radius 2 is 1.81 bits per heavy atom. The summed E-state index contributed by atoms with van der Waals surface area (Å²) in [6.45, 7) is 4.30. The highest BCUT2D eigenvalue weighted by Gasteiger charge is 2.13. The molecule has 0 radical (unpaired) electrons. The number of pyridine rings is 1. The number of nitrogens with zero attached hydrogens (tertiary/aromatic N) is 1. The van der Waals surface area contributed by atoms with Crippen molar-refractivity contribution in [2.24, 2.45) is 0 Å². The molecule has 0 saturated heterocycles. The molecule has 2 aromatic carbocycles. The largest absolute Gasteiger partial charge is 0.497 e. The zero-order valence-corrected chi connectivity index (χ0v) is 16.3. The first-order chi connectivity index (χ1) is 13.0. The molecule has 0 aliphatic heterocycles. The number of fused-ring (bicyclic) bond motifs is 2. The number of amides is 1. The Hall–Kier alpha value is -2.92. The number of carbonyl (C=O) groups is 1. The van der Waals surface area contributed by atoms with Crippen LogP contribution in [0.25, 0.3) is 21.1 Å². The Morgan fingerprint density at radius 1 is 1.04 bits per heavy atom. The molecule has 2 heterocycles. The van der Waals surface area contributed by atoms with Crippen molar-refractivity contribution in [3.05, 3.63) is 65.0 Å². The van der Waals surface area contributed by atoms with E-state index >= 15 is 0 Å². The van der Waals surface area contributed by atoms with E-state index in [2.05, 4.69) is 30.2 Å². The first-order valence-electron chi connectivity index (χ1n) is 8.83. The number of ether oxygens (including phenoxy) is 1. The van der Waals surface area contributed by atoms with Crippen molar-refractivity contribution in [1.29, 1.82) is 0 Å². The molecule has 0 saturated carbocycles. The number of rotatable bonds is 4. The average molecular weight is 376 g/mol. The molecule has 0 unspecified atom stereocenters. The molecule has 4 rings (SSSR count). The van der Waals surface area contributed by atoms with E-state index in [-0.39, 0.29) is 5.91 Å². The number of benzene rings is 2. The lowest BCUT2D eigenvalue weighted by Gasteiger charge is -2.07. The van der Waals surface area contributed by atoms with Crippen molar-refractivity contribution in [2.45, 2.75) is 19.8 Å². The van der Waals surface area contributed by atoms with Gasteiger partial charge in [0.25, 0.3) is 5.91 Å². The maximum Gasteiger partial charge on any atom is 0.265 e. The summed E-state index contributed by atoms with van der Waals surface area (Å²) >= 11 is 1.40. The summed E-state index contributed by atoms with van der Waals surface area (Å²) < 4.78 is 5.27. The minimum Gasteiger partial charge on any atom is -0.497 e. The molecular formula is C22H20N2O2S. The summed E-state index contributed by atoms with van der Waals surface area (Å²) in [6.07, 6.45) is 0. The van der Waals surface area contributed by atoms with Crippen molar-refractivity contribution in [2.75, 3.05) is 12.4 Å². The van der Waals surface area contributed by atoms with Crippen LogP contribution in [0, 0.1) is 0 Å². The number of anilines is 1. The minimum atomic E-state index is -0.114. The summed E-state index contributed by atoms with van der Waals surface area (Å²) in [5, 5.41) is 4.96. The highest BCUT2D eigenvalue weighted by molar-refractivity contribution is 7.20. The van der Waals surface area contributed by atoms with Crippen LogP contribution in [-0.4, -0.2) is 18.0 Å². The Balaban J connectivity index is 1.62. The SMILES string of the molecule is COc1ccc2cc3cc(C(=O)Nc4ccc(C(C)C)cc4)sc3nc2c1. The Bertz CT molecular complexity index is 1130. The van der Waals surface area contributed by atoms with Gasteiger partial charge in [0.2, 0.25) is 0 Å². The zero-order valence-electron chi connectivity index (χ0n) is 15.4. The minimum absolute atomic E-state index is 0.114. The second-order valence-corrected chi connectivity index (χ2v) is 7.81. The number of hydrogen-bond acceptors (Lipinski definition) is 4. The molecule has 0 aliphatic rings. The third kappa shape index (κ3) is 3.51. The van der Waals surface area contributed by atoms with Crippen LogP contribution in [0.2, 0.25) is 0 Å². The first-order valence-corrected chi connectivity index (χ1v) is 9.65. The predicted octanol–water partition coefficient (Wildman–Crippen LogP) is 5.83. The van der Waals surface area contributed by atoms with Crippen LogP contribution in [-0.2, 0) is 0 Å². The maximum atomic E-state index is 12.6. The highest BCUT2D eigenvalue weighted by atomic mass is 32.1. The molecule has 1 amide bonds. The van der Waals surface area contributed by atoms with Crippen LogP contribution < -0.4 is 10.1 Å². The van der Waals surface area contributed by atoms with E-state index in [0.29, 0.717) is 10.8 Å². The Labute approximate surface area is 161 Å². The number of hydrogen-bond donors (Lipinski definition) is 1. The molecule has 136 valence electrons. The first kappa shape index (κ1) is 17.5. The van der Waals surface area contributed by atoms with Crippen LogP contribution >= 0.6 is 11.3 Å². The topological polar surface area (TPSA) is 51.2 Å². The fraction of sp³-hybridized carbons (Fsp3) is 0.182. The van der Waals surface area contributed by atoms with Crippen molar-refractivity contribution in [3.8, 4) is 5.75 Å². The van der Waals surface area contributed by atoms with E-state index in [1.165, 1.54) is 16.9 Å². The van der Waals surface area contributed by atoms with Crippen molar-refractivity contribution >= 4 is 44.1 Å². The van der Waals surface area contributed by atoms with E-state index in [1.807, 2.05) is 48.5 Å². The molecular weight excluding hydrogens is 356 g/mol. The molecule has 0 fully saturated rings. The summed E-state index contributed by atoms with van der Waals surface area (Å²) in [7, 11) is 1.64. The second-order valence-electron chi connectivity index (χ2n) is 6.78. The molecule has 0 spiro atoms. The quantitative estimate of drug-likeness (QED) is 0.487. The van der Waals surface area contributed by atoms with Gasteiger partial charge in [-0.3, -0.25) is 4.79 Å². The standard InChI is InChI=1S/C22H20N2O2S/c1-13(2)14-4-7-17(8-5-14)23-21(25)20-11-16-10-15-6-9-18(26-3)12-19(15)24-22(16)27-20/h4-13H,1-3H3,(H,23,25). The fourth-order valence-electron chi connectivity index (χ4n) is 2.99. The van der Waals surface area contributed by atoms with Crippen LogP contribution in [0.1, 0.15) is 35.0 Å². The summed E-state index contributed by atoms with van der Waals surface area (Å²) in [5.74, 6) is 1.13. The van der Waals surface area contributed by atoms with Gasteiger partial charge in [-0.05, 0) is 47.9 Å². The number of nitrogens with one attached hydrogen (secondary N) is 1. The normalized spacial score (nSPS) is 11.3. The molecule has 2 aromatic heterocycles. The van der Waals surface area contributed by atoms with E-state index in [1.54, 1.807) is 7.11 Å². The molecule has 5 heteroatoms. The lowest BCUT2D eigenvalue weighted by molar-refractivity contribution is 0.103. The predicted molar refractivity (Wildman–Crippen MR) is 112 cm³/mol. The second kappa shape index (κ2) is 7.00. The van der Waals surface area contributed by atoms with Gasteiger partial charge in [-0.1, -0.05) is 26.0 Å². The fourth-order valence-corrected chi connectivity index (χ4v) is 3.91.